The molecule has 0 amide bonds. The number of aryl methyl sites for hydroxylation is 2. The van der Waals surface area contributed by atoms with Crippen molar-refractivity contribution in [3.8, 4) is 0 Å². The van der Waals surface area contributed by atoms with Crippen molar-refractivity contribution >= 4 is 17.5 Å². The normalized spacial score (nSPS) is 15.2. The summed E-state index contributed by atoms with van der Waals surface area (Å²) in [5.41, 5.74) is 4.09. The zero-order valence-electron chi connectivity index (χ0n) is 14.9. The molecular weight excluding hydrogens is 316 g/mol. The van der Waals surface area contributed by atoms with E-state index in [4.69, 9.17) is 0 Å². The molecule has 0 atom stereocenters. The molecule has 0 aliphatic carbocycles. The van der Waals surface area contributed by atoms with Gasteiger partial charge in [-0.05, 0) is 50.3 Å². The van der Waals surface area contributed by atoms with E-state index in [1.165, 1.54) is 0 Å². The highest BCUT2D eigenvalue weighted by molar-refractivity contribution is 5.93. The number of nitrogens with zero attached hydrogens (tertiary/aromatic N) is 3. The molecule has 0 bridgehead atoms. The number of hydrogen-bond donors (Lipinski definition) is 2. The molecule has 3 rings (SSSR count). The smallest absolute Gasteiger partial charge is 0.336 e. The number of piperidine rings is 1. The number of hydrogen-bond acceptors (Lipinski definition) is 5. The quantitative estimate of drug-likeness (QED) is 0.890. The Hall–Kier alpha value is -2.63. The molecule has 2 N–H and O–H groups in total. The van der Waals surface area contributed by atoms with E-state index in [1.54, 1.807) is 18.6 Å². The largest absolute Gasteiger partial charge is 0.478 e. The van der Waals surface area contributed by atoms with Crippen molar-refractivity contribution < 1.29 is 9.90 Å². The lowest BCUT2D eigenvalue weighted by atomic mass is 9.95. The highest BCUT2D eigenvalue weighted by Crippen LogP contribution is 2.29. The zero-order valence-corrected chi connectivity index (χ0v) is 14.9. The molecule has 1 aromatic heterocycles. The van der Waals surface area contributed by atoms with E-state index in [0.717, 1.165) is 54.1 Å². The molecule has 1 aliphatic rings. The molecule has 1 fully saturated rings. The number of anilines is 2. The molecule has 132 valence electrons. The molecule has 6 heteroatoms. The second kappa shape index (κ2) is 7.09. The maximum absolute atomic E-state index is 11.6. The second-order valence-corrected chi connectivity index (χ2v) is 6.66. The van der Waals surface area contributed by atoms with E-state index in [0.29, 0.717) is 11.6 Å². The lowest BCUT2D eigenvalue weighted by Crippen LogP contribution is -2.39. The predicted octanol–water partition coefficient (Wildman–Crippen LogP) is 3.18. The Morgan fingerprint density at radius 3 is 2.52 bits per heavy atom. The van der Waals surface area contributed by atoms with Crippen molar-refractivity contribution in [2.24, 2.45) is 0 Å². The van der Waals surface area contributed by atoms with Crippen LogP contribution in [-0.2, 0) is 0 Å². The number of carbonyl (C=O) groups is 1. The first kappa shape index (κ1) is 17.2. The molecular formula is C19H24N4O2. The van der Waals surface area contributed by atoms with Crippen LogP contribution in [0.1, 0.15) is 39.9 Å². The second-order valence-electron chi connectivity index (χ2n) is 6.66. The maximum atomic E-state index is 11.6. The van der Waals surface area contributed by atoms with Gasteiger partial charge in [0, 0.05) is 37.2 Å². The van der Waals surface area contributed by atoms with Gasteiger partial charge in [0.25, 0.3) is 0 Å². The number of benzene rings is 1. The third-order valence-electron chi connectivity index (χ3n) is 4.90. The van der Waals surface area contributed by atoms with Gasteiger partial charge in [-0.1, -0.05) is 6.07 Å². The van der Waals surface area contributed by atoms with Gasteiger partial charge in [-0.2, -0.15) is 0 Å². The third-order valence-corrected chi connectivity index (χ3v) is 4.90. The maximum Gasteiger partial charge on any atom is 0.336 e. The van der Waals surface area contributed by atoms with E-state index in [-0.39, 0.29) is 0 Å². The van der Waals surface area contributed by atoms with Crippen LogP contribution in [0.3, 0.4) is 0 Å². The molecule has 2 heterocycles. The molecule has 0 saturated carbocycles. The van der Waals surface area contributed by atoms with Crippen molar-refractivity contribution in [3.05, 3.63) is 46.9 Å². The van der Waals surface area contributed by atoms with Gasteiger partial charge in [0.15, 0.2) is 0 Å². The Morgan fingerprint density at radius 2 is 1.92 bits per heavy atom. The van der Waals surface area contributed by atoms with Gasteiger partial charge in [-0.15, -0.1) is 0 Å². The van der Waals surface area contributed by atoms with Crippen molar-refractivity contribution in [2.75, 3.05) is 23.3 Å². The molecule has 2 aromatic rings. The van der Waals surface area contributed by atoms with Crippen molar-refractivity contribution in [1.82, 2.24) is 9.97 Å². The topological polar surface area (TPSA) is 78.4 Å². The summed E-state index contributed by atoms with van der Waals surface area (Å²) in [4.78, 5) is 22.3. The summed E-state index contributed by atoms with van der Waals surface area (Å²) in [6.45, 7) is 7.59. The first-order valence-electron chi connectivity index (χ1n) is 8.59. The van der Waals surface area contributed by atoms with Gasteiger partial charge in [0.2, 0.25) is 0 Å². The van der Waals surface area contributed by atoms with Gasteiger partial charge < -0.3 is 15.3 Å². The molecule has 0 radical (unpaired) electrons. The fourth-order valence-electron chi connectivity index (χ4n) is 3.65. The number of aromatic carboxylic acids is 1. The fraction of sp³-hybridized carbons (Fsp3) is 0.421. The van der Waals surface area contributed by atoms with Gasteiger partial charge in [0.1, 0.15) is 5.82 Å². The highest BCUT2D eigenvalue weighted by atomic mass is 16.4. The van der Waals surface area contributed by atoms with Crippen LogP contribution in [0.2, 0.25) is 0 Å². The van der Waals surface area contributed by atoms with Gasteiger partial charge in [0.05, 0.1) is 11.8 Å². The van der Waals surface area contributed by atoms with E-state index in [1.807, 2.05) is 26.8 Å². The van der Waals surface area contributed by atoms with E-state index in [2.05, 4.69) is 20.2 Å². The molecule has 1 aromatic carbocycles. The molecule has 0 unspecified atom stereocenters. The molecule has 1 saturated heterocycles. The Labute approximate surface area is 147 Å². The summed E-state index contributed by atoms with van der Waals surface area (Å²) in [6, 6.07) is 2.28. The van der Waals surface area contributed by atoms with Crippen LogP contribution < -0.4 is 10.2 Å². The van der Waals surface area contributed by atoms with Crippen LogP contribution >= 0.6 is 0 Å². The van der Waals surface area contributed by atoms with Crippen molar-refractivity contribution in [3.63, 3.8) is 0 Å². The summed E-state index contributed by atoms with van der Waals surface area (Å²) < 4.78 is 0. The number of carboxylic acid groups (broad SMARTS) is 1. The van der Waals surface area contributed by atoms with Crippen LogP contribution in [-0.4, -0.2) is 40.2 Å². The SMILES string of the molecule is Cc1cc(C)c(C(=O)O)c(C)c1NC1CCN(c2cnccn2)CC1. The van der Waals surface area contributed by atoms with Crippen molar-refractivity contribution in [2.45, 2.75) is 39.7 Å². The highest BCUT2D eigenvalue weighted by Gasteiger charge is 2.23. The minimum atomic E-state index is -0.865. The standard InChI is InChI=1S/C19H24N4O2/c1-12-10-13(2)18(14(3)17(12)19(24)25)22-15-4-8-23(9-5-15)16-11-20-6-7-21-16/h6-7,10-11,15,22H,4-5,8-9H2,1-3H3,(H,24,25). The van der Waals surface area contributed by atoms with Crippen molar-refractivity contribution in [1.29, 1.82) is 0 Å². The van der Waals surface area contributed by atoms with E-state index in [9.17, 15) is 9.90 Å². The van der Waals surface area contributed by atoms with Gasteiger partial charge >= 0.3 is 5.97 Å². The average molecular weight is 340 g/mol. The number of rotatable bonds is 4. The number of carboxylic acids is 1. The molecule has 25 heavy (non-hydrogen) atoms. The minimum absolute atomic E-state index is 0.328. The Morgan fingerprint density at radius 1 is 1.20 bits per heavy atom. The minimum Gasteiger partial charge on any atom is -0.478 e. The summed E-state index contributed by atoms with van der Waals surface area (Å²) in [5.74, 6) is 0.0485. The zero-order chi connectivity index (χ0) is 18.0. The lowest BCUT2D eigenvalue weighted by Gasteiger charge is -2.34. The van der Waals surface area contributed by atoms with Crippen LogP contribution in [0.15, 0.2) is 24.7 Å². The lowest BCUT2D eigenvalue weighted by molar-refractivity contribution is 0.0695. The summed E-state index contributed by atoms with van der Waals surface area (Å²) in [6.07, 6.45) is 7.14. The summed E-state index contributed by atoms with van der Waals surface area (Å²) in [5, 5.41) is 13.1. The summed E-state index contributed by atoms with van der Waals surface area (Å²) in [7, 11) is 0. The Kier molecular flexibility index (Phi) is 4.88. The van der Waals surface area contributed by atoms with E-state index < -0.39 is 5.97 Å². The predicted molar refractivity (Wildman–Crippen MR) is 98.5 cm³/mol. The average Bonchev–Trinajstić information content (AvgIpc) is 2.59. The Bertz CT molecular complexity index is 769. The molecule has 0 spiro atoms. The number of aromatic nitrogens is 2. The molecule has 1 aliphatic heterocycles. The van der Waals surface area contributed by atoms with Crippen LogP contribution in [0.4, 0.5) is 11.5 Å². The van der Waals surface area contributed by atoms with Crippen LogP contribution in [0.5, 0.6) is 0 Å². The van der Waals surface area contributed by atoms with Crippen LogP contribution in [0, 0.1) is 20.8 Å². The fourth-order valence-corrected chi connectivity index (χ4v) is 3.65. The van der Waals surface area contributed by atoms with E-state index >= 15 is 0 Å². The number of nitrogens with one attached hydrogen (secondary N) is 1. The Balaban J connectivity index is 1.72. The third kappa shape index (κ3) is 3.57. The summed E-state index contributed by atoms with van der Waals surface area (Å²) >= 11 is 0. The first-order valence-corrected chi connectivity index (χ1v) is 8.59. The van der Waals surface area contributed by atoms with Gasteiger partial charge in [-0.3, -0.25) is 4.98 Å². The van der Waals surface area contributed by atoms with Gasteiger partial charge in [-0.25, -0.2) is 9.78 Å². The monoisotopic (exact) mass is 340 g/mol. The van der Waals surface area contributed by atoms with Crippen LogP contribution in [0.25, 0.3) is 0 Å². The first-order chi connectivity index (χ1) is 12.0. The molecule has 6 nitrogen and oxygen atoms in total.